The quantitative estimate of drug-likeness (QED) is 0.393. The van der Waals surface area contributed by atoms with Gasteiger partial charge in [-0.2, -0.15) is 0 Å². The number of phenols is 2. The molecule has 0 amide bonds. The van der Waals surface area contributed by atoms with Crippen LogP contribution in [0.25, 0.3) is 0 Å². The standard InChI is InChI=1S/C21H30O4/c1-4-6-8-10-15(3)12-13-17-18(22)14-16(11-9-7-5-2)19(20(17)23)21(24)25/h4,6,12,14,22-23H,5,7-11,13H2,1-3H3,(H,24,25)/b6-4+,15-12-. The van der Waals surface area contributed by atoms with Gasteiger partial charge < -0.3 is 15.3 Å². The number of aromatic carboxylic acids is 1. The van der Waals surface area contributed by atoms with Gasteiger partial charge in [-0.15, -0.1) is 0 Å². The van der Waals surface area contributed by atoms with E-state index in [1.165, 1.54) is 6.07 Å². The van der Waals surface area contributed by atoms with E-state index in [1.807, 2.05) is 26.0 Å². The Hall–Kier alpha value is -2.23. The van der Waals surface area contributed by atoms with Crippen LogP contribution in [0.2, 0.25) is 0 Å². The summed E-state index contributed by atoms with van der Waals surface area (Å²) in [6, 6.07) is 1.50. The molecule has 4 nitrogen and oxygen atoms in total. The Morgan fingerprint density at radius 3 is 2.56 bits per heavy atom. The van der Waals surface area contributed by atoms with E-state index in [1.54, 1.807) is 0 Å². The molecular formula is C21H30O4. The summed E-state index contributed by atoms with van der Waals surface area (Å²) in [5.74, 6) is -1.50. The molecule has 0 spiro atoms. The molecule has 1 rings (SSSR count). The number of carboxylic acids is 1. The number of allylic oxidation sites excluding steroid dienone is 4. The van der Waals surface area contributed by atoms with E-state index in [9.17, 15) is 20.1 Å². The van der Waals surface area contributed by atoms with Gasteiger partial charge in [-0.25, -0.2) is 4.79 Å². The molecule has 0 aliphatic heterocycles. The fourth-order valence-electron chi connectivity index (χ4n) is 2.81. The van der Waals surface area contributed by atoms with Gasteiger partial charge in [0.2, 0.25) is 0 Å². The highest BCUT2D eigenvalue weighted by atomic mass is 16.4. The summed E-state index contributed by atoms with van der Waals surface area (Å²) in [6.07, 6.45) is 11.5. The molecule has 0 aliphatic rings. The minimum atomic E-state index is -1.15. The van der Waals surface area contributed by atoms with Gasteiger partial charge >= 0.3 is 5.97 Å². The molecule has 0 bridgehead atoms. The van der Waals surface area contributed by atoms with Crippen molar-refractivity contribution in [1.82, 2.24) is 0 Å². The lowest BCUT2D eigenvalue weighted by Crippen LogP contribution is -2.05. The van der Waals surface area contributed by atoms with Crippen LogP contribution in [-0.2, 0) is 12.8 Å². The van der Waals surface area contributed by atoms with Crippen LogP contribution in [-0.4, -0.2) is 21.3 Å². The highest BCUT2D eigenvalue weighted by Crippen LogP contribution is 2.35. The molecule has 0 aromatic heterocycles. The zero-order valence-electron chi connectivity index (χ0n) is 15.5. The summed E-state index contributed by atoms with van der Waals surface area (Å²) >= 11 is 0. The largest absolute Gasteiger partial charge is 0.508 e. The van der Waals surface area contributed by atoms with Crippen LogP contribution in [0.3, 0.4) is 0 Å². The molecule has 1 aromatic carbocycles. The Morgan fingerprint density at radius 2 is 1.96 bits per heavy atom. The predicted molar refractivity (Wildman–Crippen MR) is 101 cm³/mol. The van der Waals surface area contributed by atoms with E-state index in [2.05, 4.69) is 13.0 Å². The zero-order chi connectivity index (χ0) is 18.8. The lowest BCUT2D eigenvalue weighted by atomic mass is 9.95. The highest BCUT2D eigenvalue weighted by Gasteiger charge is 2.21. The molecule has 0 radical (unpaired) electrons. The molecule has 0 heterocycles. The number of hydrogen-bond donors (Lipinski definition) is 3. The van der Waals surface area contributed by atoms with E-state index < -0.39 is 5.97 Å². The van der Waals surface area contributed by atoms with Gasteiger partial charge in [0.15, 0.2) is 0 Å². The third-order valence-corrected chi connectivity index (χ3v) is 4.32. The fraction of sp³-hybridized carbons (Fsp3) is 0.476. The number of aryl methyl sites for hydroxylation is 1. The minimum Gasteiger partial charge on any atom is -0.508 e. The highest BCUT2D eigenvalue weighted by molar-refractivity contribution is 5.93. The van der Waals surface area contributed by atoms with E-state index >= 15 is 0 Å². The normalized spacial score (nSPS) is 12.0. The molecule has 3 N–H and O–H groups in total. The molecule has 0 fully saturated rings. The van der Waals surface area contributed by atoms with Crippen LogP contribution < -0.4 is 0 Å². The maximum Gasteiger partial charge on any atom is 0.339 e. The summed E-state index contributed by atoms with van der Waals surface area (Å²) in [5, 5.41) is 30.2. The number of aromatic hydroxyl groups is 2. The van der Waals surface area contributed by atoms with Gasteiger partial charge in [0, 0.05) is 5.56 Å². The van der Waals surface area contributed by atoms with Crippen LogP contribution in [0.1, 0.15) is 74.4 Å². The second kappa shape index (κ2) is 10.6. The van der Waals surface area contributed by atoms with Gasteiger partial charge in [-0.3, -0.25) is 0 Å². The summed E-state index contributed by atoms with van der Waals surface area (Å²) < 4.78 is 0. The SMILES string of the molecule is C/C=C/CC/C(C)=C\Cc1c(O)cc(CCCCC)c(C(=O)O)c1O. The van der Waals surface area contributed by atoms with Crippen LogP contribution >= 0.6 is 0 Å². The minimum absolute atomic E-state index is 0.0356. The number of hydrogen-bond acceptors (Lipinski definition) is 3. The average Bonchev–Trinajstić information content (AvgIpc) is 2.54. The molecule has 0 saturated heterocycles. The van der Waals surface area contributed by atoms with Crippen molar-refractivity contribution in [3.8, 4) is 11.5 Å². The summed E-state index contributed by atoms with van der Waals surface area (Å²) in [5.41, 5.74) is 1.83. The van der Waals surface area contributed by atoms with Gasteiger partial charge in [-0.1, -0.05) is 43.6 Å². The fourth-order valence-corrected chi connectivity index (χ4v) is 2.81. The van der Waals surface area contributed by atoms with Crippen LogP contribution in [0.5, 0.6) is 11.5 Å². The zero-order valence-corrected chi connectivity index (χ0v) is 15.5. The lowest BCUT2D eigenvalue weighted by Gasteiger charge is -2.14. The first-order chi connectivity index (χ1) is 11.9. The van der Waals surface area contributed by atoms with Crippen LogP contribution in [0.4, 0.5) is 0 Å². The van der Waals surface area contributed by atoms with Crippen molar-refractivity contribution in [2.75, 3.05) is 0 Å². The van der Waals surface area contributed by atoms with Crippen LogP contribution in [0, 0.1) is 0 Å². The van der Waals surface area contributed by atoms with E-state index in [-0.39, 0.29) is 22.6 Å². The van der Waals surface area contributed by atoms with E-state index in [0.29, 0.717) is 18.4 Å². The molecule has 138 valence electrons. The summed E-state index contributed by atoms with van der Waals surface area (Å²) in [7, 11) is 0. The van der Waals surface area contributed by atoms with Crippen molar-refractivity contribution in [2.24, 2.45) is 0 Å². The number of unbranched alkanes of at least 4 members (excludes halogenated alkanes) is 2. The van der Waals surface area contributed by atoms with E-state index in [0.717, 1.165) is 37.7 Å². The predicted octanol–water partition coefficient (Wildman–Crippen LogP) is 5.37. The van der Waals surface area contributed by atoms with Gasteiger partial charge in [0.25, 0.3) is 0 Å². The Kier molecular flexibility index (Phi) is 8.82. The van der Waals surface area contributed by atoms with Crippen molar-refractivity contribution < 1.29 is 20.1 Å². The Labute approximate surface area is 150 Å². The summed E-state index contributed by atoms with van der Waals surface area (Å²) in [6.45, 7) is 6.04. The third kappa shape index (κ3) is 6.29. The van der Waals surface area contributed by atoms with Crippen molar-refractivity contribution >= 4 is 5.97 Å². The summed E-state index contributed by atoms with van der Waals surface area (Å²) in [4.78, 5) is 11.6. The maximum atomic E-state index is 11.6. The molecule has 1 aromatic rings. The second-order valence-corrected chi connectivity index (χ2v) is 6.38. The molecule has 0 unspecified atom stereocenters. The van der Waals surface area contributed by atoms with Crippen molar-refractivity contribution in [2.45, 2.75) is 65.7 Å². The van der Waals surface area contributed by atoms with Gasteiger partial charge in [-0.05, 0) is 57.6 Å². The third-order valence-electron chi connectivity index (χ3n) is 4.32. The molecule has 25 heavy (non-hydrogen) atoms. The van der Waals surface area contributed by atoms with Crippen LogP contribution in [0.15, 0.2) is 29.9 Å². The van der Waals surface area contributed by atoms with Crippen molar-refractivity contribution in [3.05, 3.63) is 46.6 Å². The van der Waals surface area contributed by atoms with Crippen molar-refractivity contribution in [3.63, 3.8) is 0 Å². The first kappa shape index (κ1) is 20.8. The first-order valence-electron chi connectivity index (χ1n) is 8.99. The van der Waals surface area contributed by atoms with E-state index in [4.69, 9.17) is 0 Å². The molecule has 0 aliphatic carbocycles. The number of benzene rings is 1. The lowest BCUT2D eigenvalue weighted by molar-refractivity contribution is 0.0692. The Bertz CT molecular complexity index is 642. The molecule has 0 saturated carbocycles. The Morgan fingerprint density at radius 1 is 1.24 bits per heavy atom. The molecular weight excluding hydrogens is 316 g/mol. The van der Waals surface area contributed by atoms with Gasteiger partial charge in [0.05, 0.1) is 0 Å². The first-order valence-corrected chi connectivity index (χ1v) is 8.99. The number of carbonyl (C=O) groups is 1. The smallest absolute Gasteiger partial charge is 0.339 e. The van der Waals surface area contributed by atoms with Gasteiger partial charge in [0.1, 0.15) is 17.1 Å². The molecule has 0 atom stereocenters. The van der Waals surface area contributed by atoms with Crippen molar-refractivity contribution in [1.29, 1.82) is 0 Å². The number of carboxylic acid groups (broad SMARTS) is 1. The number of rotatable bonds is 10. The molecule has 4 heteroatoms. The maximum absolute atomic E-state index is 11.6. The number of phenolic OH excluding ortho intramolecular Hbond substituents is 1. The monoisotopic (exact) mass is 346 g/mol. The second-order valence-electron chi connectivity index (χ2n) is 6.38. The Balaban J connectivity index is 3.06. The average molecular weight is 346 g/mol. The topological polar surface area (TPSA) is 77.8 Å².